The molecule has 4 heteroatoms. The zero-order chi connectivity index (χ0) is 12.5. The van der Waals surface area contributed by atoms with Gasteiger partial charge in [-0.2, -0.15) is 4.98 Å². The van der Waals surface area contributed by atoms with E-state index >= 15 is 0 Å². The van der Waals surface area contributed by atoms with E-state index < -0.39 is 0 Å². The molecule has 3 rings (SSSR count). The molecule has 3 nitrogen and oxygen atoms in total. The number of rotatable bonds is 2. The summed E-state index contributed by atoms with van der Waals surface area (Å²) in [6.45, 7) is 3.93. The molecule has 3 aromatic rings. The third kappa shape index (κ3) is 2.07. The third-order valence-electron chi connectivity index (χ3n) is 2.64. The van der Waals surface area contributed by atoms with Crippen molar-refractivity contribution in [1.29, 1.82) is 0 Å². The average Bonchev–Trinajstić information content (AvgIpc) is 2.80. The monoisotopic (exact) mass is 256 g/mol. The summed E-state index contributed by atoms with van der Waals surface area (Å²) in [7, 11) is 0. The molecule has 0 saturated heterocycles. The van der Waals surface area contributed by atoms with Crippen LogP contribution in [-0.4, -0.2) is 9.97 Å². The van der Waals surface area contributed by atoms with Crippen LogP contribution in [0.2, 0.25) is 0 Å². The first-order valence-electron chi connectivity index (χ1n) is 5.69. The predicted octanol–water partition coefficient (Wildman–Crippen LogP) is 4.10. The van der Waals surface area contributed by atoms with E-state index in [1.807, 2.05) is 42.6 Å². The molecule has 0 bridgehead atoms. The highest BCUT2D eigenvalue weighted by Gasteiger charge is 2.08. The van der Waals surface area contributed by atoms with Gasteiger partial charge in [-0.25, -0.2) is 4.98 Å². The van der Waals surface area contributed by atoms with Gasteiger partial charge in [0.25, 0.3) is 0 Å². The van der Waals surface area contributed by atoms with E-state index in [1.165, 1.54) is 5.56 Å². The van der Waals surface area contributed by atoms with Crippen LogP contribution in [0.25, 0.3) is 10.2 Å². The molecule has 0 unspecified atom stereocenters. The van der Waals surface area contributed by atoms with Gasteiger partial charge < -0.3 is 4.74 Å². The minimum absolute atomic E-state index is 0.627. The van der Waals surface area contributed by atoms with Crippen molar-refractivity contribution in [1.82, 2.24) is 9.97 Å². The summed E-state index contributed by atoms with van der Waals surface area (Å²) in [5, 5.41) is 2.96. The fourth-order valence-corrected chi connectivity index (χ4v) is 2.53. The van der Waals surface area contributed by atoms with E-state index in [4.69, 9.17) is 4.74 Å². The minimum atomic E-state index is 0.627. The van der Waals surface area contributed by atoms with E-state index in [0.717, 1.165) is 21.8 Å². The molecule has 0 amide bonds. The molecular weight excluding hydrogens is 244 g/mol. The van der Waals surface area contributed by atoms with Crippen LogP contribution in [0.4, 0.5) is 0 Å². The van der Waals surface area contributed by atoms with Gasteiger partial charge in [0.1, 0.15) is 16.4 Å². The van der Waals surface area contributed by atoms with Crippen molar-refractivity contribution >= 4 is 21.6 Å². The van der Waals surface area contributed by atoms with Crippen molar-refractivity contribution in [2.75, 3.05) is 0 Å². The molecule has 0 saturated carbocycles. The molecule has 0 spiro atoms. The normalized spacial score (nSPS) is 10.8. The summed E-state index contributed by atoms with van der Waals surface area (Å²) in [5.41, 5.74) is 1.21. The van der Waals surface area contributed by atoms with Gasteiger partial charge in [-0.1, -0.05) is 17.7 Å². The summed E-state index contributed by atoms with van der Waals surface area (Å²) in [6, 6.07) is 9.93. The molecule has 0 aliphatic carbocycles. The summed E-state index contributed by atoms with van der Waals surface area (Å²) >= 11 is 1.60. The first-order chi connectivity index (χ1) is 8.72. The van der Waals surface area contributed by atoms with Gasteiger partial charge in [-0.05, 0) is 37.4 Å². The molecular formula is C14H12N2OS. The Morgan fingerprint density at radius 1 is 1.00 bits per heavy atom. The quantitative estimate of drug-likeness (QED) is 0.692. The fourth-order valence-electron chi connectivity index (χ4n) is 1.73. The minimum Gasteiger partial charge on any atom is -0.438 e. The van der Waals surface area contributed by atoms with Gasteiger partial charge in [0.05, 0.1) is 5.39 Å². The van der Waals surface area contributed by atoms with Crippen molar-refractivity contribution < 1.29 is 4.74 Å². The average molecular weight is 256 g/mol. The lowest BCUT2D eigenvalue weighted by atomic mass is 10.2. The Morgan fingerprint density at radius 3 is 2.56 bits per heavy atom. The highest BCUT2D eigenvalue weighted by atomic mass is 32.1. The first-order valence-corrected chi connectivity index (χ1v) is 6.57. The number of hydrogen-bond donors (Lipinski definition) is 0. The lowest BCUT2D eigenvalue weighted by molar-refractivity contribution is 0.466. The number of nitrogens with zero attached hydrogens (tertiary/aromatic N) is 2. The maximum absolute atomic E-state index is 5.84. The van der Waals surface area contributed by atoms with Gasteiger partial charge in [0.2, 0.25) is 5.88 Å². The molecule has 0 N–H and O–H groups in total. The van der Waals surface area contributed by atoms with E-state index in [1.54, 1.807) is 11.3 Å². The summed E-state index contributed by atoms with van der Waals surface area (Å²) < 4.78 is 5.84. The van der Waals surface area contributed by atoms with Crippen LogP contribution in [0, 0.1) is 13.8 Å². The van der Waals surface area contributed by atoms with E-state index in [9.17, 15) is 0 Å². The topological polar surface area (TPSA) is 35.0 Å². The van der Waals surface area contributed by atoms with Crippen LogP contribution in [0.15, 0.2) is 35.7 Å². The maximum atomic E-state index is 5.84. The second-order valence-electron chi connectivity index (χ2n) is 4.13. The van der Waals surface area contributed by atoms with Gasteiger partial charge >= 0.3 is 0 Å². The van der Waals surface area contributed by atoms with Crippen molar-refractivity contribution in [3.63, 3.8) is 0 Å². The van der Waals surface area contributed by atoms with Crippen LogP contribution in [0.3, 0.4) is 0 Å². The van der Waals surface area contributed by atoms with Crippen LogP contribution >= 0.6 is 11.3 Å². The zero-order valence-corrected chi connectivity index (χ0v) is 11.0. The SMILES string of the molecule is Cc1ccc(Oc2nc(C)nc3sccc23)cc1. The number of thiophene rings is 1. The lowest BCUT2D eigenvalue weighted by Crippen LogP contribution is -1.93. The standard InChI is InChI=1S/C14H12N2OS/c1-9-3-5-11(6-4-9)17-13-12-7-8-18-14(12)16-10(2)15-13/h3-8H,1-2H3. The highest BCUT2D eigenvalue weighted by molar-refractivity contribution is 7.16. The second kappa shape index (κ2) is 4.38. The second-order valence-corrected chi connectivity index (χ2v) is 5.03. The predicted molar refractivity (Wildman–Crippen MR) is 73.4 cm³/mol. The molecule has 18 heavy (non-hydrogen) atoms. The Kier molecular flexibility index (Phi) is 2.72. The van der Waals surface area contributed by atoms with Crippen molar-refractivity contribution in [3.8, 4) is 11.6 Å². The van der Waals surface area contributed by atoms with Gasteiger partial charge in [-0.3, -0.25) is 0 Å². The Labute approximate surface area is 109 Å². The number of aromatic nitrogens is 2. The summed E-state index contributed by atoms with van der Waals surface area (Å²) in [4.78, 5) is 9.71. The molecule has 90 valence electrons. The first kappa shape index (κ1) is 11.2. The lowest BCUT2D eigenvalue weighted by Gasteiger charge is -2.06. The Balaban J connectivity index is 2.03. The zero-order valence-electron chi connectivity index (χ0n) is 10.2. The van der Waals surface area contributed by atoms with Gasteiger partial charge in [0.15, 0.2) is 0 Å². The van der Waals surface area contributed by atoms with Crippen molar-refractivity contribution in [3.05, 3.63) is 47.1 Å². The fraction of sp³-hybridized carbons (Fsp3) is 0.143. The largest absolute Gasteiger partial charge is 0.438 e. The maximum Gasteiger partial charge on any atom is 0.231 e. The van der Waals surface area contributed by atoms with E-state index in [-0.39, 0.29) is 0 Å². The Hall–Kier alpha value is -1.94. The molecule has 0 aliphatic rings. The van der Waals surface area contributed by atoms with Crippen molar-refractivity contribution in [2.24, 2.45) is 0 Å². The number of hydrogen-bond acceptors (Lipinski definition) is 4. The molecule has 0 aliphatic heterocycles. The van der Waals surface area contributed by atoms with Crippen LogP contribution in [-0.2, 0) is 0 Å². The summed E-state index contributed by atoms with van der Waals surface area (Å²) in [5.74, 6) is 2.15. The molecule has 0 radical (unpaired) electrons. The number of fused-ring (bicyclic) bond motifs is 1. The molecule has 0 fully saturated rings. The van der Waals surface area contributed by atoms with Crippen LogP contribution in [0.5, 0.6) is 11.6 Å². The number of benzene rings is 1. The Morgan fingerprint density at radius 2 is 1.78 bits per heavy atom. The summed E-state index contributed by atoms with van der Waals surface area (Å²) in [6.07, 6.45) is 0. The third-order valence-corrected chi connectivity index (χ3v) is 3.44. The van der Waals surface area contributed by atoms with Gasteiger partial charge in [0, 0.05) is 0 Å². The molecule has 0 atom stereocenters. The number of ether oxygens (including phenoxy) is 1. The Bertz CT molecular complexity index is 689. The van der Waals surface area contributed by atoms with Gasteiger partial charge in [-0.15, -0.1) is 11.3 Å². The highest BCUT2D eigenvalue weighted by Crippen LogP contribution is 2.30. The molecule has 2 aromatic heterocycles. The van der Waals surface area contributed by atoms with Crippen LogP contribution < -0.4 is 4.74 Å². The van der Waals surface area contributed by atoms with E-state index in [2.05, 4.69) is 16.9 Å². The van der Waals surface area contributed by atoms with E-state index in [0.29, 0.717) is 5.88 Å². The molecule has 1 aromatic carbocycles. The molecule has 2 heterocycles. The van der Waals surface area contributed by atoms with Crippen LogP contribution in [0.1, 0.15) is 11.4 Å². The van der Waals surface area contributed by atoms with Crippen molar-refractivity contribution in [2.45, 2.75) is 13.8 Å². The smallest absolute Gasteiger partial charge is 0.231 e. The number of aryl methyl sites for hydroxylation is 2.